The minimum Gasteiger partial charge on any atom is -0.344 e. The molecule has 0 saturated carbocycles. The van der Waals surface area contributed by atoms with Crippen molar-refractivity contribution in [2.75, 3.05) is 0 Å². The molecule has 1 atom stereocenters. The second kappa shape index (κ2) is 7.03. The van der Waals surface area contributed by atoms with Crippen molar-refractivity contribution in [3.8, 4) is 5.69 Å². The van der Waals surface area contributed by atoms with Gasteiger partial charge in [0, 0.05) is 17.4 Å². The number of hydrogen-bond donors (Lipinski definition) is 1. The summed E-state index contributed by atoms with van der Waals surface area (Å²) in [4.78, 5) is 21.6. The highest BCUT2D eigenvalue weighted by atomic mass is 16.1. The molecular weight excluding hydrogens is 336 g/mol. The summed E-state index contributed by atoms with van der Waals surface area (Å²) in [6.45, 7) is 3.89. The van der Waals surface area contributed by atoms with E-state index in [2.05, 4.69) is 19.9 Å². The van der Waals surface area contributed by atoms with Crippen LogP contribution in [0.4, 0.5) is 0 Å². The minimum atomic E-state index is -0.169. The Kier molecular flexibility index (Phi) is 4.42. The summed E-state index contributed by atoms with van der Waals surface area (Å²) in [5.41, 5.74) is 4.25. The molecule has 5 nitrogen and oxygen atoms in total. The Morgan fingerprint density at radius 1 is 1.04 bits per heavy atom. The van der Waals surface area contributed by atoms with Crippen LogP contribution in [0.15, 0.2) is 72.9 Å². The van der Waals surface area contributed by atoms with E-state index in [1.807, 2.05) is 80.6 Å². The molecule has 4 rings (SSSR count). The van der Waals surface area contributed by atoms with Crippen molar-refractivity contribution in [2.24, 2.45) is 0 Å². The Bertz CT molecular complexity index is 1090. The lowest BCUT2D eigenvalue weighted by molar-refractivity contribution is 0.0939. The molecule has 1 N–H and O–H groups in total. The molecule has 0 fully saturated rings. The summed E-state index contributed by atoms with van der Waals surface area (Å²) >= 11 is 0. The lowest BCUT2D eigenvalue weighted by Gasteiger charge is -2.13. The highest BCUT2D eigenvalue weighted by Gasteiger charge is 2.15. The first-order valence-electron chi connectivity index (χ1n) is 8.90. The summed E-state index contributed by atoms with van der Waals surface area (Å²) in [7, 11) is 0. The van der Waals surface area contributed by atoms with Crippen LogP contribution in [0, 0.1) is 6.92 Å². The largest absolute Gasteiger partial charge is 0.344 e. The molecule has 134 valence electrons. The third-order valence-electron chi connectivity index (χ3n) is 4.58. The van der Waals surface area contributed by atoms with Crippen LogP contribution < -0.4 is 5.32 Å². The number of aryl methyl sites for hydroxylation is 1. The second-order valence-electron chi connectivity index (χ2n) is 6.48. The third-order valence-corrected chi connectivity index (χ3v) is 4.58. The predicted octanol–water partition coefficient (Wildman–Crippen LogP) is 4.22. The Balaban J connectivity index is 1.63. The van der Waals surface area contributed by atoms with Crippen molar-refractivity contribution in [1.82, 2.24) is 19.9 Å². The highest BCUT2D eigenvalue weighted by Crippen LogP contribution is 2.22. The molecule has 0 aliphatic rings. The molecule has 0 spiro atoms. The van der Waals surface area contributed by atoms with Crippen LogP contribution in [0.3, 0.4) is 0 Å². The first-order valence-corrected chi connectivity index (χ1v) is 8.90. The van der Waals surface area contributed by atoms with Gasteiger partial charge in [-0.05, 0) is 56.3 Å². The number of amides is 1. The van der Waals surface area contributed by atoms with Gasteiger partial charge in [-0.1, -0.05) is 24.3 Å². The van der Waals surface area contributed by atoms with E-state index in [4.69, 9.17) is 0 Å². The standard InChI is InChI=1S/C22H20N4O/c1-15(19-10-6-7-13-23-19)24-22(27)17-11-12-21-20(14-17)25-16(2)26(21)18-8-4-3-5-9-18/h3-15H,1-2H3,(H,24,27)/t15-/m0/s1. The highest BCUT2D eigenvalue weighted by molar-refractivity contribution is 5.97. The molecule has 2 heterocycles. The van der Waals surface area contributed by atoms with E-state index in [1.165, 1.54) is 0 Å². The summed E-state index contributed by atoms with van der Waals surface area (Å²) in [5, 5.41) is 2.99. The van der Waals surface area contributed by atoms with E-state index in [0.29, 0.717) is 5.56 Å². The first-order chi connectivity index (χ1) is 13.1. The van der Waals surface area contributed by atoms with E-state index in [1.54, 1.807) is 6.20 Å². The number of hydrogen-bond acceptors (Lipinski definition) is 3. The number of aromatic nitrogens is 3. The number of nitrogens with one attached hydrogen (secondary N) is 1. The van der Waals surface area contributed by atoms with Crippen molar-refractivity contribution < 1.29 is 4.79 Å². The molecule has 4 aromatic rings. The number of pyridine rings is 1. The van der Waals surface area contributed by atoms with Gasteiger partial charge in [0.2, 0.25) is 0 Å². The smallest absolute Gasteiger partial charge is 0.251 e. The van der Waals surface area contributed by atoms with E-state index in [-0.39, 0.29) is 11.9 Å². The SMILES string of the molecule is Cc1nc2cc(C(=O)N[C@@H](C)c3ccccn3)ccc2n1-c1ccccc1. The van der Waals surface area contributed by atoms with Gasteiger partial charge in [0.1, 0.15) is 5.82 Å². The normalized spacial score (nSPS) is 12.1. The molecule has 0 radical (unpaired) electrons. The molecule has 0 aliphatic heterocycles. The zero-order valence-corrected chi connectivity index (χ0v) is 15.3. The third kappa shape index (κ3) is 3.31. The van der Waals surface area contributed by atoms with Gasteiger partial charge in [-0.3, -0.25) is 14.3 Å². The predicted molar refractivity (Wildman–Crippen MR) is 106 cm³/mol. The van der Waals surface area contributed by atoms with Gasteiger partial charge in [0.15, 0.2) is 0 Å². The maximum absolute atomic E-state index is 12.7. The summed E-state index contributed by atoms with van der Waals surface area (Å²) in [5.74, 6) is 0.748. The van der Waals surface area contributed by atoms with Crippen LogP contribution in [0.2, 0.25) is 0 Å². The first kappa shape index (κ1) is 17.0. The topological polar surface area (TPSA) is 59.8 Å². The van der Waals surface area contributed by atoms with Gasteiger partial charge in [0.05, 0.1) is 22.8 Å². The number of imidazole rings is 1. The van der Waals surface area contributed by atoms with Gasteiger partial charge < -0.3 is 5.32 Å². The Morgan fingerprint density at radius 3 is 2.56 bits per heavy atom. The molecule has 27 heavy (non-hydrogen) atoms. The summed E-state index contributed by atoms with van der Waals surface area (Å²) < 4.78 is 2.09. The van der Waals surface area contributed by atoms with Gasteiger partial charge in [0.25, 0.3) is 5.91 Å². The van der Waals surface area contributed by atoms with Gasteiger partial charge in [-0.25, -0.2) is 4.98 Å². The fraction of sp³-hybridized carbons (Fsp3) is 0.136. The lowest BCUT2D eigenvalue weighted by atomic mass is 10.1. The van der Waals surface area contributed by atoms with Crippen molar-refractivity contribution in [3.63, 3.8) is 0 Å². The average molecular weight is 356 g/mol. The molecule has 2 aromatic carbocycles. The minimum absolute atomic E-state index is 0.137. The molecule has 0 bridgehead atoms. The van der Waals surface area contributed by atoms with Crippen molar-refractivity contribution in [1.29, 1.82) is 0 Å². The number of para-hydroxylation sites is 1. The number of carbonyl (C=O) groups excluding carboxylic acids is 1. The molecule has 5 heteroatoms. The van der Waals surface area contributed by atoms with Crippen molar-refractivity contribution >= 4 is 16.9 Å². The van der Waals surface area contributed by atoms with E-state index in [9.17, 15) is 4.79 Å². The zero-order valence-electron chi connectivity index (χ0n) is 15.3. The van der Waals surface area contributed by atoms with Crippen LogP contribution in [0.25, 0.3) is 16.7 Å². The summed E-state index contributed by atoms with van der Waals surface area (Å²) in [6.07, 6.45) is 1.73. The van der Waals surface area contributed by atoms with E-state index < -0.39 is 0 Å². The number of rotatable bonds is 4. The number of benzene rings is 2. The van der Waals surface area contributed by atoms with Crippen LogP contribution in [0.5, 0.6) is 0 Å². The van der Waals surface area contributed by atoms with E-state index in [0.717, 1.165) is 28.2 Å². The number of fused-ring (bicyclic) bond motifs is 1. The molecule has 0 saturated heterocycles. The Morgan fingerprint density at radius 2 is 1.81 bits per heavy atom. The van der Waals surface area contributed by atoms with Crippen molar-refractivity contribution in [2.45, 2.75) is 19.9 Å². The molecule has 0 aliphatic carbocycles. The van der Waals surface area contributed by atoms with Crippen LogP contribution in [-0.2, 0) is 0 Å². The average Bonchev–Trinajstić information content (AvgIpc) is 3.04. The van der Waals surface area contributed by atoms with Crippen LogP contribution >= 0.6 is 0 Å². The maximum Gasteiger partial charge on any atom is 0.251 e. The number of nitrogens with zero attached hydrogens (tertiary/aromatic N) is 3. The lowest BCUT2D eigenvalue weighted by Crippen LogP contribution is -2.27. The van der Waals surface area contributed by atoms with E-state index >= 15 is 0 Å². The van der Waals surface area contributed by atoms with Gasteiger partial charge >= 0.3 is 0 Å². The Labute approximate surface area is 157 Å². The van der Waals surface area contributed by atoms with Gasteiger partial charge in [-0.15, -0.1) is 0 Å². The maximum atomic E-state index is 12.7. The fourth-order valence-electron chi connectivity index (χ4n) is 3.23. The van der Waals surface area contributed by atoms with Gasteiger partial charge in [-0.2, -0.15) is 0 Å². The zero-order chi connectivity index (χ0) is 18.8. The fourth-order valence-corrected chi connectivity index (χ4v) is 3.23. The van der Waals surface area contributed by atoms with Crippen LogP contribution in [0.1, 0.15) is 34.8 Å². The molecule has 1 amide bonds. The van der Waals surface area contributed by atoms with Crippen LogP contribution in [-0.4, -0.2) is 20.4 Å². The Hall–Kier alpha value is -3.47. The monoisotopic (exact) mass is 356 g/mol. The molecular formula is C22H20N4O. The second-order valence-corrected chi connectivity index (χ2v) is 6.48. The quantitative estimate of drug-likeness (QED) is 0.595. The summed E-state index contributed by atoms with van der Waals surface area (Å²) in [6, 6.07) is 21.2. The number of carbonyl (C=O) groups is 1. The molecule has 2 aromatic heterocycles. The molecule has 0 unspecified atom stereocenters. The van der Waals surface area contributed by atoms with Crippen molar-refractivity contribution in [3.05, 3.63) is 90.0 Å².